The molecule has 0 unspecified atom stereocenters. The third kappa shape index (κ3) is 5.43. The fourth-order valence-corrected chi connectivity index (χ4v) is 4.56. The SMILES string of the molecule is COc1ccc2ncc(F)c([C@@H](O)CCCC[C@@H]3CN(C4=COC=C(C5=CC=CCC5)O4)C(=O)O3)c2n1. The number of amides is 1. The van der Waals surface area contributed by atoms with Gasteiger partial charge in [0, 0.05) is 11.6 Å². The van der Waals surface area contributed by atoms with Crippen LogP contribution in [0.3, 0.4) is 0 Å². The van der Waals surface area contributed by atoms with Gasteiger partial charge in [0.05, 0.1) is 31.5 Å². The number of hydrogen-bond donors (Lipinski definition) is 1. The highest BCUT2D eigenvalue weighted by Crippen LogP contribution is 2.32. The minimum absolute atomic E-state index is 0.108. The van der Waals surface area contributed by atoms with Crippen molar-refractivity contribution in [1.82, 2.24) is 14.9 Å². The lowest BCUT2D eigenvalue weighted by Gasteiger charge is -2.23. The number of ether oxygens (including phenoxy) is 4. The average Bonchev–Trinajstić information content (AvgIpc) is 3.31. The van der Waals surface area contributed by atoms with E-state index in [1.807, 2.05) is 12.2 Å². The molecule has 0 saturated carbocycles. The number of allylic oxidation sites excluding steroid dienone is 4. The van der Waals surface area contributed by atoms with Gasteiger partial charge in [-0.1, -0.05) is 24.6 Å². The molecule has 194 valence electrons. The van der Waals surface area contributed by atoms with Crippen LogP contribution < -0.4 is 4.74 Å². The predicted molar refractivity (Wildman–Crippen MR) is 131 cm³/mol. The van der Waals surface area contributed by atoms with Crippen LogP contribution in [0.15, 0.2) is 66.3 Å². The Morgan fingerprint density at radius 2 is 2.19 bits per heavy atom. The molecule has 1 amide bonds. The van der Waals surface area contributed by atoms with Crippen molar-refractivity contribution in [2.45, 2.75) is 50.7 Å². The number of rotatable bonds is 9. The highest BCUT2D eigenvalue weighted by atomic mass is 19.1. The first-order chi connectivity index (χ1) is 18.0. The maximum absolute atomic E-state index is 14.6. The van der Waals surface area contributed by atoms with Crippen LogP contribution in [0, 0.1) is 5.82 Å². The van der Waals surface area contributed by atoms with Crippen LogP contribution in [0.4, 0.5) is 9.18 Å². The number of carbonyl (C=O) groups excluding carboxylic acids is 1. The molecule has 4 heterocycles. The second kappa shape index (κ2) is 11.0. The van der Waals surface area contributed by atoms with Gasteiger partial charge in [-0.25, -0.2) is 19.1 Å². The van der Waals surface area contributed by atoms with Crippen molar-refractivity contribution in [3.63, 3.8) is 0 Å². The molecule has 1 saturated heterocycles. The van der Waals surface area contributed by atoms with E-state index in [1.54, 1.807) is 12.1 Å². The van der Waals surface area contributed by atoms with Crippen LogP contribution in [-0.2, 0) is 14.2 Å². The highest BCUT2D eigenvalue weighted by molar-refractivity contribution is 5.78. The van der Waals surface area contributed by atoms with Crippen molar-refractivity contribution in [2.75, 3.05) is 13.7 Å². The van der Waals surface area contributed by atoms with E-state index in [2.05, 4.69) is 16.0 Å². The number of unbranched alkanes of at least 4 members (excludes halogenated alkanes) is 1. The number of halogens is 1. The molecule has 2 aromatic heterocycles. The van der Waals surface area contributed by atoms with Crippen LogP contribution in [0.25, 0.3) is 11.0 Å². The minimum Gasteiger partial charge on any atom is -0.481 e. The number of fused-ring (bicyclic) bond motifs is 1. The minimum atomic E-state index is -1.06. The Morgan fingerprint density at radius 1 is 1.30 bits per heavy atom. The molecular formula is C27H28FN3O6. The lowest BCUT2D eigenvalue weighted by molar-refractivity contribution is 0.115. The van der Waals surface area contributed by atoms with Gasteiger partial charge in [0.2, 0.25) is 11.8 Å². The molecule has 0 radical (unpaired) electrons. The van der Waals surface area contributed by atoms with Gasteiger partial charge in [-0.05, 0) is 43.7 Å². The summed E-state index contributed by atoms with van der Waals surface area (Å²) in [6.07, 6.45) is 12.1. The Morgan fingerprint density at radius 3 is 3.00 bits per heavy atom. The molecule has 1 fully saturated rings. The first-order valence-corrected chi connectivity index (χ1v) is 12.3. The van der Waals surface area contributed by atoms with Crippen molar-refractivity contribution in [3.05, 3.63) is 77.7 Å². The third-order valence-corrected chi connectivity index (χ3v) is 6.50. The molecule has 1 N–H and O–H groups in total. The number of aromatic nitrogens is 2. The largest absolute Gasteiger partial charge is 0.481 e. The number of hydrogen-bond acceptors (Lipinski definition) is 8. The summed E-state index contributed by atoms with van der Waals surface area (Å²) in [5.41, 5.74) is 1.87. The Bertz CT molecular complexity index is 1300. The number of nitrogens with zero attached hydrogens (tertiary/aromatic N) is 3. The molecule has 2 aromatic rings. The van der Waals surface area contributed by atoms with Crippen molar-refractivity contribution in [1.29, 1.82) is 0 Å². The number of methoxy groups -OCH3 is 1. The van der Waals surface area contributed by atoms with Crippen LogP contribution in [0.1, 0.15) is 50.2 Å². The zero-order valence-corrected chi connectivity index (χ0v) is 20.4. The van der Waals surface area contributed by atoms with Gasteiger partial charge in [-0.3, -0.25) is 4.98 Å². The summed E-state index contributed by atoms with van der Waals surface area (Å²) in [7, 11) is 1.47. The van der Waals surface area contributed by atoms with Crippen molar-refractivity contribution < 1.29 is 33.2 Å². The quantitative estimate of drug-likeness (QED) is 0.463. The van der Waals surface area contributed by atoms with Crippen LogP contribution >= 0.6 is 0 Å². The van der Waals surface area contributed by atoms with Crippen molar-refractivity contribution >= 4 is 17.1 Å². The summed E-state index contributed by atoms with van der Waals surface area (Å²) < 4.78 is 36.6. The number of pyridine rings is 2. The molecule has 37 heavy (non-hydrogen) atoms. The summed E-state index contributed by atoms with van der Waals surface area (Å²) in [6, 6.07) is 3.31. The predicted octanol–water partition coefficient (Wildman–Crippen LogP) is 5.16. The third-order valence-electron chi connectivity index (χ3n) is 6.50. The molecule has 5 rings (SSSR count). The summed E-state index contributed by atoms with van der Waals surface area (Å²) in [4.78, 5) is 22.2. The first kappa shape index (κ1) is 24.8. The van der Waals surface area contributed by atoms with Gasteiger partial charge < -0.3 is 24.1 Å². The van der Waals surface area contributed by atoms with E-state index < -0.39 is 18.0 Å². The fourth-order valence-electron chi connectivity index (χ4n) is 4.56. The van der Waals surface area contributed by atoms with E-state index >= 15 is 0 Å². The van der Waals surface area contributed by atoms with E-state index in [4.69, 9.17) is 18.9 Å². The number of aliphatic hydroxyl groups excluding tert-OH is 1. The van der Waals surface area contributed by atoms with Gasteiger partial charge in [0.1, 0.15) is 23.7 Å². The Kier molecular flexibility index (Phi) is 7.36. The van der Waals surface area contributed by atoms with Gasteiger partial charge in [0.15, 0.2) is 12.0 Å². The lowest BCUT2D eigenvalue weighted by Crippen LogP contribution is -2.27. The fraction of sp³-hybridized carbons (Fsp3) is 0.370. The van der Waals surface area contributed by atoms with Crippen LogP contribution in [-0.4, -0.2) is 45.8 Å². The van der Waals surface area contributed by atoms with Gasteiger partial charge in [0.25, 0.3) is 0 Å². The topological polar surface area (TPSA) is 103 Å². The molecule has 10 heteroatoms. The van der Waals surface area contributed by atoms with Crippen LogP contribution in [0.2, 0.25) is 0 Å². The van der Waals surface area contributed by atoms with E-state index in [0.717, 1.165) is 24.6 Å². The molecule has 0 bridgehead atoms. The lowest BCUT2D eigenvalue weighted by atomic mass is 10.0. The monoisotopic (exact) mass is 509 g/mol. The number of cyclic esters (lactones) is 1. The number of aliphatic hydroxyl groups is 1. The first-order valence-electron chi connectivity index (χ1n) is 12.3. The van der Waals surface area contributed by atoms with E-state index in [-0.39, 0.29) is 17.2 Å². The zero-order chi connectivity index (χ0) is 25.8. The molecule has 9 nitrogen and oxygen atoms in total. The Labute approximate surface area is 213 Å². The second-order valence-corrected chi connectivity index (χ2v) is 8.99. The average molecular weight is 510 g/mol. The maximum Gasteiger partial charge on any atom is 0.417 e. The van der Waals surface area contributed by atoms with Crippen molar-refractivity contribution in [3.8, 4) is 5.88 Å². The van der Waals surface area contributed by atoms with Crippen LogP contribution in [0.5, 0.6) is 5.88 Å². The highest BCUT2D eigenvalue weighted by Gasteiger charge is 2.36. The Hall–Kier alpha value is -3.92. The summed E-state index contributed by atoms with van der Waals surface area (Å²) in [6.45, 7) is 0.330. The molecule has 3 aliphatic rings. The van der Waals surface area contributed by atoms with E-state index in [9.17, 15) is 14.3 Å². The summed E-state index contributed by atoms with van der Waals surface area (Å²) >= 11 is 0. The summed E-state index contributed by atoms with van der Waals surface area (Å²) in [5, 5.41) is 10.7. The smallest absolute Gasteiger partial charge is 0.417 e. The molecule has 0 aromatic carbocycles. The van der Waals surface area contributed by atoms with Gasteiger partial charge >= 0.3 is 6.09 Å². The zero-order valence-electron chi connectivity index (χ0n) is 20.4. The Balaban J connectivity index is 1.13. The molecule has 2 aliphatic heterocycles. The van der Waals surface area contributed by atoms with E-state index in [0.29, 0.717) is 55.3 Å². The van der Waals surface area contributed by atoms with Gasteiger partial charge in [-0.2, -0.15) is 0 Å². The second-order valence-electron chi connectivity index (χ2n) is 8.99. The standard InChI is InChI=1S/C27H28FN3O6/c1-34-23-12-11-20-26(30-23)25(19(28)13-29-20)21(32)10-6-5-9-18-14-31(27(33)36-18)24-16-35-15-22(37-24)17-7-3-2-4-8-17/h2-3,7,11-13,15-16,18,21,32H,4-6,8-10,14H2,1H3/t18-,21+/m1/s1. The van der Waals surface area contributed by atoms with E-state index in [1.165, 1.54) is 24.5 Å². The molecule has 2 atom stereocenters. The number of carbonyl (C=O) groups is 1. The van der Waals surface area contributed by atoms with Crippen molar-refractivity contribution in [2.24, 2.45) is 0 Å². The molecule has 0 spiro atoms. The normalized spacial score (nSPS) is 20.0. The summed E-state index contributed by atoms with van der Waals surface area (Å²) in [5.74, 6) is 0.574. The molecular weight excluding hydrogens is 481 g/mol. The van der Waals surface area contributed by atoms with Gasteiger partial charge in [-0.15, -0.1) is 0 Å². The molecule has 1 aliphatic carbocycles. The maximum atomic E-state index is 14.6.